The summed E-state index contributed by atoms with van der Waals surface area (Å²) in [6, 6.07) is 15.9. The van der Waals surface area contributed by atoms with E-state index in [0.29, 0.717) is 22.1 Å². The highest BCUT2D eigenvalue weighted by atomic mass is 35.5. The number of rotatable bonds is 5. The second-order valence-corrected chi connectivity index (χ2v) is 8.03. The number of hydrogen-bond acceptors (Lipinski definition) is 4. The van der Waals surface area contributed by atoms with Gasteiger partial charge in [0.1, 0.15) is 5.82 Å². The second kappa shape index (κ2) is 7.35. The van der Waals surface area contributed by atoms with Gasteiger partial charge in [-0.05, 0) is 61.4 Å². The predicted octanol–water partition coefficient (Wildman–Crippen LogP) is 4.90. The molecule has 5 nitrogen and oxygen atoms in total. The largest absolute Gasteiger partial charge is 0.340 e. The highest BCUT2D eigenvalue weighted by Crippen LogP contribution is 2.22. The Morgan fingerprint density at radius 1 is 0.962 bits per heavy atom. The number of hydrogen-bond donors (Lipinski definition) is 2. The minimum Gasteiger partial charge on any atom is -0.340 e. The van der Waals surface area contributed by atoms with Crippen LogP contribution in [0.3, 0.4) is 0 Å². The fourth-order valence-corrected chi connectivity index (χ4v) is 4.01. The zero-order chi connectivity index (χ0) is 18.7. The molecule has 0 fully saturated rings. The third-order valence-corrected chi connectivity index (χ3v) is 5.50. The normalized spacial score (nSPS) is 11.2. The smallest absolute Gasteiger partial charge is 0.262 e. The van der Waals surface area contributed by atoms with Crippen molar-refractivity contribution in [1.29, 1.82) is 0 Å². The van der Waals surface area contributed by atoms with Gasteiger partial charge in [0, 0.05) is 10.7 Å². The van der Waals surface area contributed by atoms with Crippen molar-refractivity contribution in [2.75, 3.05) is 10.0 Å². The Balaban J connectivity index is 1.77. The molecule has 0 atom stereocenters. The molecule has 7 heteroatoms. The fraction of sp³-hybridized carbons (Fsp3) is 0.105. The van der Waals surface area contributed by atoms with Crippen molar-refractivity contribution in [1.82, 2.24) is 4.98 Å². The predicted molar refractivity (Wildman–Crippen MR) is 106 cm³/mol. The first-order valence-corrected chi connectivity index (χ1v) is 9.78. The molecule has 0 radical (unpaired) electrons. The van der Waals surface area contributed by atoms with Gasteiger partial charge >= 0.3 is 0 Å². The molecule has 0 aliphatic carbocycles. The van der Waals surface area contributed by atoms with E-state index in [0.717, 1.165) is 11.3 Å². The van der Waals surface area contributed by atoms with E-state index in [-0.39, 0.29) is 4.90 Å². The van der Waals surface area contributed by atoms with Crippen LogP contribution in [0.15, 0.2) is 65.7 Å². The Morgan fingerprint density at radius 2 is 1.77 bits per heavy atom. The first-order chi connectivity index (χ1) is 12.3. The van der Waals surface area contributed by atoms with Crippen molar-refractivity contribution in [3.05, 3.63) is 76.9 Å². The zero-order valence-corrected chi connectivity index (χ0v) is 15.9. The van der Waals surface area contributed by atoms with Gasteiger partial charge in [-0.25, -0.2) is 13.4 Å². The number of pyridine rings is 1. The number of benzene rings is 2. The van der Waals surface area contributed by atoms with Crippen LogP contribution in [-0.4, -0.2) is 13.4 Å². The molecule has 0 amide bonds. The van der Waals surface area contributed by atoms with E-state index in [1.165, 1.54) is 6.20 Å². The molecule has 0 saturated heterocycles. The van der Waals surface area contributed by atoms with E-state index in [1.807, 2.05) is 25.1 Å². The van der Waals surface area contributed by atoms with Crippen LogP contribution in [0.4, 0.5) is 17.2 Å². The van der Waals surface area contributed by atoms with Gasteiger partial charge in [-0.1, -0.05) is 29.8 Å². The number of aromatic nitrogens is 1. The summed E-state index contributed by atoms with van der Waals surface area (Å²) >= 11 is 5.95. The standard InChI is InChI=1S/C19H18ClN3O2S/c1-13-6-7-14(2)18(10-13)26(24,25)23-17-8-9-19(21-12-17)22-16-5-3-4-15(20)11-16/h3-12,23H,1-2H3,(H,21,22). The Bertz CT molecular complexity index is 1030. The van der Waals surface area contributed by atoms with E-state index < -0.39 is 10.0 Å². The summed E-state index contributed by atoms with van der Waals surface area (Å²) in [4.78, 5) is 4.50. The van der Waals surface area contributed by atoms with E-state index in [4.69, 9.17) is 11.6 Å². The van der Waals surface area contributed by atoms with Crippen molar-refractivity contribution in [2.24, 2.45) is 0 Å². The monoisotopic (exact) mass is 387 g/mol. The maximum absolute atomic E-state index is 12.6. The first kappa shape index (κ1) is 18.2. The van der Waals surface area contributed by atoms with Crippen LogP contribution >= 0.6 is 11.6 Å². The summed E-state index contributed by atoms with van der Waals surface area (Å²) in [5.41, 5.74) is 2.77. The highest BCUT2D eigenvalue weighted by molar-refractivity contribution is 7.92. The van der Waals surface area contributed by atoms with Crippen LogP contribution in [0.2, 0.25) is 5.02 Å². The van der Waals surface area contributed by atoms with Crippen LogP contribution in [0, 0.1) is 13.8 Å². The Kier molecular flexibility index (Phi) is 5.15. The number of halogens is 1. The summed E-state index contributed by atoms with van der Waals surface area (Å²) in [5.74, 6) is 0.585. The van der Waals surface area contributed by atoms with Gasteiger partial charge in [0.2, 0.25) is 0 Å². The van der Waals surface area contributed by atoms with Gasteiger partial charge in [-0.2, -0.15) is 0 Å². The molecule has 0 spiro atoms. The highest BCUT2D eigenvalue weighted by Gasteiger charge is 2.17. The number of sulfonamides is 1. The topological polar surface area (TPSA) is 71.1 Å². The molecule has 0 aliphatic heterocycles. The molecule has 0 aliphatic rings. The average molecular weight is 388 g/mol. The maximum atomic E-state index is 12.6. The maximum Gasteiger partial charge on any atom is 0.262 e. The lowest BCUT2D eigenvalue weighted by molar-refractivity contribution is 0.600. The lowest BCUT2D eigenvalue weighted by Crippen LogP contribution is -2.14. The van der Waals surface area contributed by atoms with Crippen molar-refractivity contribution in [3.8, 4) is 0 Å². The molecule has 0 saturated carbocycles. The molecule has 0 bridgehead atoms. The van der Waals surface area contributed by atoms with Crippen LogP contribution < -0.4 is 10.0 Å². The van der Waals surface area contributed by atoms with Crippen LogP contribution in [0.25, 0.3) is 0 Å². The van der Waals surface area contributed by atoms with Crippen molar-refractivity contribution >= 4 is 38.8 Å². The summed E-state index contributed by atoms with van der Waals surface area (Å²) in [6.07, 6.45) is 1.47. The summed E-state index contributed by atoms with van der Waals surface area (Å²) < 4.78 is 27.8. The lowest BCUT2D eigenvalue weighted by Gasteiger charge is -2.12. The molecule has 26 heavy (non-hydrogen) atoms. The number of nitrogens with zero attached hydrogens (tertiary/aromatic N) is 1. The van der Waals surface area contributed by atoms with Gasteiger partial charge in [-0.3, -0.25) is 4.72 Å². The van der Waals surface area contributed by atoms with Crippen LogP contribution in [0.5, 0.6) is 0 Å². The van der Waals surface area contributed by atoms with Gasteiger partial charge < -0.3 is 5.32 Å². The SMILES string of the molecule is Cc1ccc(C)c(S(=O)(=O)Nc2ccc(Nc3cccc(Cl)c3)nc2)c1. The number of anilines is 3. The van der Waals surface area contributed by atoms with Crippen molar-refractivity contribution in [2.45, 2.75) is 18.7 Å². The van der Waals surface area contributed by atoms with Gasteiger partial charge in [0.05, 0.1) is 16.8 Å². The van der Waals surface area contributed by atoms with E-state index in [2.05, 4.69) is 15.0 Å². The summed E-state index contributed by atoms with van der Waals surface area (Å²) in [7, 11) is -3.67. The average Bonchev–Trinajstić information content (AvgIpc) is 2.58. The summed E-state index contributed by atoms with van der Waals surface area (Å²) in [6.45, 7) is 3.63. The lowest BCUT2D eigenvalue weighted by atomic mass is 10.2. The Morgan fingerprint density at radius 3 is 2.46 bits per heavy atom. The Hall–Kier alpha value is -2.57. The first-order valence-electron chi connectivity index (χ1n) is 7.92. The molecule has 3 rings (SSSR count). The van der Waals surface area contributed by atoms with Crippen molar-refractivity contribution in [3.63, 3.8) is 0 Å². The minimum absolute atomic E-state index is 0.263. The quantitative estimate of drug-likeness (QED) is 0.653. The molecule has 1 aromatic heterocycles. The fourth-order valence-electron chi connectivity index (χ4n) is 2.45. The number of nitrogens with one attached hydrogen (secondary N) is 2. The van der Waals surface area contributed by atoms with Crippen LogP contribution in [-0.2, 0) is 10.0 Å². The minimum atomic E-state index is -3.67. The van der Waals surface area contributed by atoms with E-state index in [9.17, 15) is 8.42 Å². The molecule has 134 valence electrons. The van der Waals surface area contributed by atoms with E-state index >= 15 is 0 Å². The van der Waals surface area contributed by atoms with Crippen LogP contribution in [0.1, 0.15) is 11.1 Å². The third-order valence-electron chi connectivity index (χ3n) is 3.75. The van der Waals surface area contributed by atoms with E-state index in [1.54, 1.807) is 43.3 Å². The molecule has 1 heterocycles. The third kappa shape index (κ3) is 4.33. The van der Waals surface area contributed by atoms with Gasteiger partial charge in [0.15, 0.2) is 0 Å². The Labute approximate surface area is 158 Å². The molecular weight excluding hydrogens is 370 g/mol. The summed E-state index contributed by atoms with van der Waals surface area (Å²) in [5, 5.41) is 3.73. The molecule has 3 aromatic rings. The molecule has 2 N–H and O–H groups in total. The number of aryl methyl sites for hydroxylation is 2. The molecule has 0 unspecified atom stereocenters. The zero-order valence-electron chi connectivity index (χ0n) is 14.3. The second-order valence-electron chi connectivity index (χ2n) is 5.94. The van der Waals surface area contributed by atoms with Gasteiger partial charge in [-0.15, -0.1) is 0 Å². The molecule has 2 aromatic carbocycles. The van der Waals surface area contributed by atoms with Crippen molar-refractivity contribution < 1.29 is 8.42 Å². The molecular formula is C19H18ClN3O2S. The van der Waals surface area contributed by atoms with Gasteiger partial charge in [0.25, 0.3) is 10.0 Å².